The van der Waals surface area contributed by atoms with E-state index < -0.39 is 0 Å². The van der Waals surface area contributed by atoms with Crippen LogP contribution in [0.25, 0.3) is 26.8 Å². The molecule has 0 atom stereocenters. The van der Waals surface area contributed by atoms with Gasteiger partial charge in [-0.05, 0) is 42.3 Å². The molecule has 0 amide bonds. The summed E-state index contributed by atoms with van der Waals surface area (Å²) in [6.07, 6.45) is 1.84. The molecule has 0 aliphatic rings. The predicted octanol–water partition coefficient (Wildman–Crippen LogP) is 5.03. The lowest BCUT2D eigenvalue weighted by Crippen LogP contribution is -1.89. The van der Waals surface area contributed by atoms with Gasteiger partial charge in [-0.3, -0.25) is 0 Å². The first-order valence-electron chi connectivity index (χ1n) is 6.81. The Morgan fingerprint density at radius 2 is 2.09 bits per heavy atom. The second kappa shape index (κ2) is 6.00. The first kappa shape index (κ1) is 14.3. The van der Waals surface area contributed by atoms with E-state index in [4.69, 9.17) is 11.3 Å². The maximum Gasteiger partial charge on any atom is 0.197 e. The van der Waals surface area contributed by atoms with Gasteiger partial charge in [0.15, 0.2) is 5.70 Å². The van der Waals surface area contributed by atoms with Crippen molar-refractivity contribution in [2.45, 2.75) is 6.92 Å². The molecular weight excluding hydrogens is 292 g/mol. The van der Waals surface area contributed by atoms with Crippen LogP contribution >= 0.6 is 11.3 Å². The van der Waals surface area contributed by atoms with Crippen LogP contribution in [0, 0.1) is 13.5 Å². The number of ether oxygens (including phenoxy) is 1. The van der Waals surface area contributed by atoms with Gasteiger partial charge in [0.05, 0.1) is 23.9 Å². The van der Waals surface area contributed by atoms with Gasteiger partial charge in [-0.2, -0.15) is 0 Å². The van der Waals surface area contributed by atoms with E-state index in [0.717, 1.165) is 32.1 Å². The van der Waals surface area contributed by atoms with Gasteiger partial charge in [-0.15, -0.1) is 11.3 Å². The fourth-order valence-electron chi connectivity index (χ4n) is 2.23. The number of hydrogen-bond donors (Lipinski definition) is 0. The van der Waals surface area contributed by atoms with Crippen molar-refractivity contribution in [3.8, 4) is 5.75 Å². The lowest BCUT2D eigenvalue weighted by Gasteiger charge is -2.06. The highest BCUT2D eigenvalue weighted by Gasteiger charge is 2.08. The van der Waals surface area contributed by atoms with Crippen molar-refractivity contribution in [2.24, 2.45) is 0 Å². The standard InChI is InChI=1S/C18H14N2OS/c1-12-8-9-13(10-16(12)21-3)15(19-2)11-18-20-14-6-4-5-7-17(14)22-18/h4-11H,1,3H3/b15-11-. The Hall–Kier alpha value is -2.64. The molecule has 0 unspecified atom stereocenters. The maximum absolute atomic E-state index is 7.46. The first-order valence-corrected chi connectivity index (χ1v) is 7.62. The summed E-state index contributed by atoms with van der Waals surface area (Å²) in [5.74, 6) is 0.788. The highest BCUT2D eigenvalue weighted by molar-refractivity contribution is 7.19. The monoisotopic (exact) mass is 306 g/mol. The molecule has 1 heterocycles. The molecule has 22 heavy (non-hydrogen) atoms. The van der Waals surface area contributed by atoms with Crippen LogP contribution in [0.2, 0.25) is 0 Å². The van der Waals surface area contributed by atoms with Gasteiger partial charge < -0.3 is 4.74 Å². The summed E-state index contributed by atoms with van der Waals surface area (Å²) >= 11 is 1.59. The van der Waals surface area contributed by atoms with Crippen LogP contribution in [0.1, 0.15) is 16.1 Å². The molecule has 0 saturated carbocycles. The number of benzene rings is 2. The molecule has 0 saturated heterocycles. The zero-order chi connectivity index (χ0) is 15.5. The van der Waals surface area contributed by atoms with Crippen molar-refractivity contribution in [3.05, 3.63) is 70.0 Å². The van der Waals surface area contributed by atoms with Crippen LogP contribution in [0.15, 0.2) is 42.5 Å². The normalized spacial score (nSPS) is 11.4. The molecule has 0 radical (unpaired) electrons. The number of fused-ring (bicyclic) bond motifs is 1. The summed E-state index contributed by atoms with van der Waals surface area (Å²) in [7, 11) is 1.64. The Balaban J connectivity index is 2.05. The summed E-state index contributed by atoms with van der Waals surface area (Å²) in [4.78, 5) is 8.20. The molecule has 0 N–H and O–H groups in total. The Labute approximate surface area is 133 Å². The minimum Gasteiger partial charge on any atom is -0.497 e. The third-order valence-corrected chi connectivity index (χ3v) is 4.38. The topological polar surface area (TPSA) is 26.5 Å². The largest absolute Gasteiger partial charge is 0.497 e. The van der Waals surface area contributed by atoms with E-state index in [-0.39, 0.29) is 0 Å². The van der Waals surface area contributed by atoms with Gasteiger partial charge in [0, 0.05) is 0 Å². The fourth-order valence-corrected chi connectivity index (χ4v) is 3.13. The van der Waals surface area contributed by atoms with E-state index in [1.54, 1.807) is 18.4 Å². The van der Waals surface area contributed by atoms with Gasteiger partial charge >= 0.3 is 0 Å². The first-order chi connectivity index (χ1) is 10.7. The van der Waals surface area contributed by atoms with Crippen LogP contribution in [0.3, 0.4) is 0 Å². The van der Waals surface area contributed by atoms with Crippen LogP contribution in [-0.4, -0.2) is 12.1 Å². The Kier molecular flexibility index (Phi) is 3.90. The number of methoxy groups -OCH3 is 1. The molecule has 2 aromatic carbocycles. The average Bonchev–Trinajstić information content (AvgIpc) is 2.95. The number of nitrogens with zero attached hydrogens (tertiary/aromatic N) is 2. The fraction of sp³-hybridized carbons (Fsp3) is 0.111. The van der Waals surface area contributed by atoms with Crippen LogP contribution in [-0.2, 0) is 0 Å². The molecule has 1 aromatic heterocycles. The van der Waals surface area contributed by atoms with Gasteiger partial charge in [-0.25, -0.2) is 9.83 Å². The summed E-state index contributed by atoms with van der Waals surface area (Å²) in [6.45, 7) is 9.44. The second-order valence-corrected chi connectivity index (χ2v) is 5.91. The number of aryl methyl sites for hydroxylation is 1. The highest BCUT2D eigenvalue weighted by Crippen LogP contribution is 2.29. The molecular formula is C18H14N2OS. The van der Waals surface area contributed by atoms with Gasteiger partial charge in [-0.1, -0.05) is 24.3 Å². The lowest BCUT2D eigenvalue weighted by molar-refractivity contribution is 0.411. The van der Waals surface area contributed by atoms with E-state index in [0.29, 0.717) is 5.70 Å². The highest BCUT2D eigenvalue weighted by atomic mass is 32.1. The molecule has 0 spiro atoms. The van der Waals surface area contributed by atoms with Gasteiger partial charge in [0.25, 0.3) is 0 Å². The minimum atomic E-state index is 0.567. The summed E-state index contributed by atoms with van der Waals surface area (Å²) in [5, 5.41) is 0.840. The number of hydrogen-bond acceptors (Lipinski definition) is 3. The van der Waals surface area contributed by atoms with E-state index in [2.05, 4.69) is 9.83 Å². The second-order valence-electron chi connectivity index (χ2n) is 4.85. The molecule has 4 heteroatoms. The van der Waals surface area contributed by atoms with E-state index in [1.165, 1.54) is 0 Å². The number of rotatable bonds is 3. The van der Waals surface area contributed by atoms with Crippen LogP contribution in [0.4, 0.5) is 0 Å². The summed E-state index contributed by atoms with van der Waals surface area (Å²) in [6, 6.07) is 13.8. The van der Waals surface area contributed by atoms with Crippen LogP contribution < -0.4 is 4.74 Å². The maximum atomic E-state index is 7.46. The Morgan fingerprint density at radius 1 is 1.27 bits per heavy atom. The molecule has 0 aliphatic carbocycles. The zero-order valence-corrected chi connectivity index (χ0v) is 13.1. The van der Waals surface area contributed by atoms with Gasteiger partial charge in [0.1, 0.15) is 10.8 Å². The van der Waals surface area contributed by atoms with E-state index >= 15 is 0 Å². The lowest BCUT2D eigenvalue weighted by atomic mass is 10.1. The van der Waals surface area contributed by atoms with E-state index in [9.17, 15) is 0 Å². The number of para-hydroxylation sites is 1. The van der Waals surface area contributed by atoms with E-state index in [1.807, 2.05) is 55.5 Å². The molecule has 0 aliphatic heterocycles. The number of thiazole rings is 1. The van der Waals surface area contributed by atoms with Crippen molar-refractivity contribution in [1.29, 1.82) is 0 Å². The van der Waals surface area contributed by atoms with Gasteiger partial charge in [0.2, 0.25) is 0 Å². The molecule has 3 aromatic rings. The summed E-state index contributed by atoms with van der Waals surface area (Å²) < 4.78 is 6.46. The smallest absolute Gasteiger partial charge is 0.197 e. The Morgan fingerprint density at radius 3 is 2.82 bits per heavy atom. The molecule has 3 rings (SSSR count). The summed E-state index contributed by atoms with van der Waals surface area (Å²) in [5.41, 5.74) is 3.43. The van der Waals surface area contributed by atoms with Crippen molar-refractivity contribution in [3.63, 3.8) is 0 Å². The minimum absolute atomic E-state index is 0.567. The van der Waals surface area contributed by atoms with Crippen molar-refractivity contribution in [2.75, 3.05) is 7.11 Å². The average molecular weight is 306 g/mol. The van der Waals surface area contributed by atoms with Crippen LogP contribution in [0.5, 0.6) is 5.75 Å². The SMILES string of the molecule is [C-]#[N+]/C(=C\c1nc2ccccc2s1)c1ccc(C)c(OC)c1. The predicted molar refractivity (Wildman–Crippen MR) is 91.8 cm³/mol. The molecule has 108 valence electrons. The molecule has 0 bridgehead atoms. The quantitative estimate of drug-likeness (QED) is 0.634. The Bertz CT molecular complexity index is 870. The molecule has 3 nitrogen and oxygen atoms in total. The molecule has 0 fully saturated rings. The van der Waals surface area contributed by atoms with Crippen molar-refractivity contribution in [1.82, 2.24) is 4.98 Å². The zero-order valence-electron chi connectivity index (χ0n) is 12.3. The van der Waals surface area contributed by atoms with Crippen molar-refractivity contribution >= 4 is 33.3 Å². The number of aromatic nitrogens is 1. The third-order valence-electron chi connectivity index (χ3n) is 3.39. The van der Waals surface area contributed by atoms with Crippen molar-refractivity contribution < 1.29 is 4.74 Å². The third kappa shape index (κ3) is 2.72.